The van der Waals surface area contributed by atoms with E-state index in [9.17, 15) is 19.5 Å². The van der Waals surface area contributed by atoms with Gasteiger partial charge in [-0.25, -0.2) is 4.79 Å². The second-order valence-electron chi connectivity index (χ2n) is 8.66. The van der Waals surface area contributed by atoms with Gasteiger partial charge in [0, 0.05) is 12.7 Å². The Kier molecular flexibility index (Phi) is 8.81. The largest absolute Gasteiger partial charge is 0.368 e. The Bertz CT molecular complexity index is 1120. The highest BCUT2D eigenvalue weighted by atomic mass is 16.3. The third kappa shape index (κ3) is 7.18. The molecule has 0 aliphatic carbocycles. The summed E-state index contributed by atoms with van der Waals surface area (Å²) < 4.78 is 1.48. The van der Waals surface area contributed by atoms with Gasteiger partial charge >= 0.3 is 5.69 Å². The second kappa shape index (κ2) is 12.0. The van der Waals surface area contributed by atoms with E-state index in [0.29, 0.717) is 6.54 Å². The molecule has 34 heavy (non-hydrogen) atoms. The highest BCUT2D eigenvalue weighted by Gasteiger charge is 2.26. The van der Waals surface area contributed by atoms with Crippen molar-refractivity contribution in [2.75, 3.05) is 0 Å². The molecule has 3 rings (SSSR count). The van der Waals surface area contributed by atoms with Gasteiger partial charge in [0.15, 0.2) is 6.23 Å². The molecular formula is C26H32N4O4. The average molecular weight is 465 g/mol. The van der Waals surface area contributed by atoms with Gasteiger partial charge in [0.05, 0.1) is 12.1 Å². The first-order valence-electron chi connectivity index (χ1n) is 11.5. The molecule has 0 fully saturated rings. The Morgan fingerprint density at radius 3 is 2.21 bits per heavy atom. The molecule has 180 valence electrons. The first-order valence-corrected chi connectivity index (χ1v) is 11.5. The Balaban J connectivity index is 1.55. The lowest BCUT2D eigenvalue weighted by Gasteiger charge is -2.23. The van der Waals surface area contributed by atoms with E-state index in [1.54, 1.807) is 0 Å². The smallest absolute Gasteiger partial charge is 0.325 e. The first kappa shape index (κ1) is 25.0. The van der Waals surface area contributed by atoms with Crippen molar-refractivity contribution in [2.24, 2.45) is 5.92 Å². The summed E-state index contributed by atoms with van der Waals surface area (Å²) in [5, 5.41) is 15.7. The number of rotatable bonds is 11. The van der Waals surface area contributed by atoms with E-state index in [4.69, 9.17) is 0 Å². The van der Waals surface area contributed by atoms with Gasteiger partial charge in [-0.3, -0.25) is 14.2 Å². The van der Waals surface area contributed by atoms with Crippen molar-refractivity contribution in [3.8, 4) is 0 Å². The van der Waals surface area contributed by atoms with Gasteiger partial charge in [0.2, 0.25) is 11.8 Å². The van der Waals surface area contributed by atoms with Crippen molar-refractivity contribution in [1.82, 2.24) is 20.2 Å². The van der Waals surface area contributed by atoms with Crippen LogP contribution in [0.25, 0.3) is 0 Å². The molecule has 1 aromatic heterocycles. The van der Waals surface area contributed by atoms with Crippen LogP contribution < -0.4 is 16.3 Å². The molecule has 0 aliphatic rings. The van der Waals surface area contributed by atoms with Crippen LogP contribution in [0.2, 0.25) is 0 Å². The molecule has 8 heteroatoms. The third-order valence-electron chi connectivity index (χ3n) is 5.56. The Labute approximate surface area is 199 Å². The molecule has 4 N–H and O–H groups in total. The normalized spacial score (nSPS) is 12.8. The maximum Gasteiger partial charge on any atom is 0.325 e. The number of imidazole rings is 1. The fourth-order valence-electron chi connectivity index (χ4n) is 3.70. The van der Waals surface area contributed by atoms with Crippen LogP contribution in [0.15, 0.2) is 71.7 Å². The molecule has 2 atom stereocenters. The average Bonchev–Trinajstić information content (AvgIpc) is 3.19. The van der Waals surface area contributed by atoms with E-state index >= 15 is 0 Å². The van der Waals surface area contributed by atoms with E-state index in [0.717, 1.165) is 18.4 Å². The molecule has 0 aliphatic heterocycles. The maximum atomic E-state index is 12.8. The van der Waals surface area contributed by atoms with Gasteiger partial charge in [-0.15, -0.1) is 0 Å². The van der Waals surface area contributed by atoms with Crippen molar-refractivity contribution in [3.05, 3.63) is 94.2 Å². The van der Waals surface area contributed by atoms with E-state index in [2.05, 4.69) is 15.6 Å². The Morgan fingerprint density at radius 1 is 0.971 bits per heavy atom. The number of aryl methyl sites for hydroxylation is 2. The molecule has 2 aromatic carbocycles. The number of nitrogens with zero attached hydrogens (tertiary/aromatic N) is 1. The Hall–Kier alpha value is -3.65. The summed E-state index contributed by atoms with van der Waals surface area (Å²) in [6.45, 7) is 4.10. The SMILES string of the molecule is CC(C)[C@H](NC(=O)Cc1ccccc1)C(=O)NC(O)c1cn(CCCc2ccccc2)c(=O)[nH]1. The fraction of sp³-hybridized carbons (Fsp3) is 0.346. The second-order valence-corrected chi connectivity index (χ2v) is 8.66. The molecular weight excluding hydrogens is 432 g/mol. The zero-order valence-electron chi connectivity index (χ0n) is 19.5. The fourth-order valence-corrected chi connectivity index (χ4v) is 3.70. The number of carbonyl (C=O) groups excluding carboxylic acids is 2. The van der Waals surface area contributed by atoms with E-state index in [1.807, 2.05) is 74.5 Å². The summed E-state index contributed by atoms with van der Waals surface area (Å²) in [5.41, 5.74) is 1.87. The highest BCUT2D eigenvalue weighted by molar-refractivity contribution is 5.88. The minimum atomic E-state index is -1.40. The summed E-state index contributed by atoms with van der Waals surface area (Å²) in [6.07, 6.45) is 1.84. The third-order valence-corrected chi connectivity index (χ3v) is 5.56. The van der Waals surface area contributed by atoms with Gasteiger partial charge in [0.25, 0.3) is 0 Å². The van der Waals surface area contributed by atoms with Gasteiger partial charge < -0.3 is 20.7 Å². The number of H-pyrrole nitrogens is 1. The molecule has 3 aromatic rings. The zero-order chi connectivity index (χ0) is 24.5. The number of aliphatic hydroxyl groups is 1. The summed E-state index contributed by atoms with van der Waals surface area (Å²) in [6, 6.07) is 18.4. The van der Waals surface area contributed by atoms with Crippen LogP contribution in [-0.4, -0.2) is 32.5 Å². The van der Waals surface area contributed by atoms with Crippen LogP contribution in [0.5, 0.6) is 0 Å². The summed E-state index contributed by atoms with van der Waals surface area (Å²) >= 11 is 0. The highest BCUT2D eigenvalue weighted by Crippen LogP contribution is 2.10. The van der Waals surface area contributed by atoms with E-state index in [1.165, 1.54) is 16.3 Å². The molecule has 0 spiro atoms. The van der Waals surface area contributed by atoms with Crippen LogP contribution >= 0.6 is 0 Å². The lowest BCUT2D eigenvalue weighted by molar-refractivity contribution is -0.132. The molecule has 0 bridgehead atoms. The number of nitrogens with one attached hydrogen (secondary N) is 3. The predicted molar refractivity (Wildman–Crippen MR) is 130 cm³/mol. The monoisotopic (exact) mass is 464 g/mol. The van der Waals surface area contributed by atoms with Crippen molar-refractivity contribution in [1.29, 1.82) is 0 Å². The maximum absolute atomic E-state index is 12.8. The molecule has 0 radical (unpaired) electrons. The number of aromatic nitrogens is 2. The lowest BCUT2D eigenvalue weighted by Crippen LogP contribution is -2.50. The van der Waals surface area contributed by atoms with Crippen molar-refractivity contribution < 1.29 is 14.7 Å². The van der Waals surface area contributed by atoms with Crippen LogP contribution in [0.4, 0.5) is 0 Å². The minimum Gasteiger partial charge on any atom is -0.368 e. The Morgan fingerprint density at radius 2 is 1.59 bits per heavy atom. The molecule has 8 nitrogen and oxygen atoms in total. The molecule has 1 heterocycles. The molecule has 1 unspecified atom stereocenters. The van der Waals surface area contributed by atoms with Gasteiger partial charge in [-0.05, 0) is 29.9 Å². The predicted octanol–water partition coefficient (Wildman–Crippen LogP) is 2.30. The number of carbonyl (C=O) groups is 2. The number of hydrogen-bond donors (Lipinski definition) is 4. The summed E-state index contributed by atoms with van der Waals surface area (Å²) in [5.74, 6) is -1.01. The number of aliphatic hydroxyl groups excluding tert-OH is 1. The first-order chi connectivity index (χ1) is 16.3. The standard InChI is InChI=1S/C26H32N4O4/c1-18(2)23(28-22(31)16-20-12-7-4-8-13-20)25(33)29-24(32)21-17-30(26(34)27-21)15-9-14-19-10-5-3-6-11-19/h3-8,10-13,17-18,23-24,32H,9,14-16H2,1-2H3,(H,27,34)(H,28,31)(H,29,33)/t23-,24?/m0/s1. The van der Waals surface area contributed by atoms with E-state index in [-0.39, 0.29) is 29.6 Å². The van der Waals surface area contributed by atoms with Crippen LogP contribution in [0.3, 0.4) is 0 Å². The number of benzene rings is 2. The van der Waals surface area contributed by atoms with Gasteiger partial charge in [-0.1, -0.05) is 74.5 Å². The molecule has 2 amide bonds. The topological polar surface area (TPSA) is 116 Å². The number of amides is 2. The lowest BCUT2D eigenvalue weighted by atomic mass is 10.0. The van der Waals surface area contributed by atoms with Crippen molar-refractivity contribution in [2.45, 2.75) is 51.9 Å². The number of aromatic amines is 1. The van der Waals surface area contributed by atoms with Crippen molar-refractivity contribution >= 4 is 11.8 Å². The zero-order valence-corrected chi connectivity index (χ0v) is 19.5. The molecule has 0 saturated heterocycles. The van der Waals surface area contributed by atoms with Crippen molar-refractivity contribution in [3.63, 3.8) is 0 Å². The van der Waals surface area contributed by atoms with Crippen LogP contribution in [0, 0.1) is 5.92 Å². The number of hydrogen-bond acceptors (Lipinski definition) is 4. The minimum absolute atomic E-state index is 0.152. The van der Waals surface area contributed by atoms with Gasteiger partial charge in [0.1, 0.15) is 6.04 Å². The summed E-state index contributed by atoms with van der Waals surface area (Å²) in [4.78, 5) is 40.1. The van der Waals surface area contributed by atoms with Crippen LogP contribution in [0.1, 0.15) is 43.3 Å². The van der Waals surface area contributed by atoms with E-state index < -0.39 is 18.2 Å². The van der Waals surface area contributed by atoms with Gasteiger partial charge in [-0.2, -0.15) is 0 Å². The molecule has 0 saturated carbocycles. The van der Waals surface area contributed by atoms with Crippen LogP contribution in [-0.2, 0) is 29.0 Å². The quantitative estimate of drug-likeness (QED) is 0.326. The summed E-state index contributed by atoms with van der Waals surface area (Å²) in [7, 11) is 0.